The first-order chi connectivity index (χ1) is 10.1. The average molecular weight is 319 g/mol. The molecule has 0 saturated heterocycles. The molecule has 0 radical (unpaired) electrons. The van der Waals surface area contributed by atoms with Gasteiger partial charge in [0.2, 0.25) is 0 Å². The van der Waals surface area contributed by atoms with Gasteiger partial charge in [-0.05, 0) is 36.1 Å². The topological polar surface area (TPSA) is 17.1 Å². The molecule has 0 heterocycles. The van der Waals surface area contributed by atoms with Crippen LogP contribution < -0.4 is 0 Å². The summed E-state index contributed by atoms with van der Waals surface area (Å²) in [6, 6.07) is 15.5. The molecule has 0 atom stereocenters. The van der Waals surface area contributed by atoms with Crippen LogP contribution >= 0.6 is 23.2 Å². The molecule has 1 fully saturated rings. The van der Waals surface area contributed by atoms with Crippen molar-refractivity contribution >= 4 is 29.0 Å². The fourth-order valence-electron chi connectivity index (χ4n) is 3.02. The maximum absolute atomic E-state index is 12.8. The van der Waals surface area contributed by atoms with Crippen molar-refractivity contribution in [3.63, 3.8) is 0 Å². The second kappa shape index (κ2) is 5.82. The van der Waals surface area contributed by atoms with Crippen molar-refractivity contribution < 1.29 is 4.79 Å². The van der Waals surface area contributed by atoms with Gasteiger partial charge in [-0.3, -0.25) is 4.79 Å². The van der Waals surface area contributed by atoms with Crippen LogP contribution in [0.5, 0.6) is 0 Å². The number of carbonyl (C=O) groups excluding carboxylic acids is 1. The molecule has 108 valence electrons. The van der Waals surface area contributed by atoms with E-state index in [-0.39, 0.29) is 11.2 Å². The van der Waals surface area contributed by atoms with Gasteiger partial charge in [0.15, 0.2) is 0 Å². The molecule has 1 aliphatic rings. The highest BCUT2D eigenvalue weighted by Gasteiger charge is 2.44. The molecule has 0 spiro atoms. The Labute approximate surface area is 134 Å². The third-order valence-electron chi connectivity index (χ3n) is 4.42. The predicted octanol–water partition coefficient (Wildman–Crippen LogP) is 5.23. The third kappa shape index (κ3) is 2.73. The lowest BCUT2D eigenvalue weighted by Crippen LogP contribution is -2.43. The maximum Gasteiger partial charge on any atom is 0.147 e. The molecule has 0 aliphatic heterocycles. The van der Waals surface area contributed by atoms with Crippen LogP contribution in [0.4, 0.5) is 0 Å². The van der Waals surface area contributed by atoms with Gasteiger partial charge in [0.25, 0.3) is 0 Å². The Morgan fingerprint density at radius 2 is 1.71 bits per heavy atom. The van der Waals surface area contributed by atoms with Crippen LogP contribution in [0.2, 0.25) is 10.0 Å². The molecule has 21 heavy (non-hydrogen) atoms. The lowest BCUT2D eigenvalue weighted by atomic mass is 9.61. The standard InChI is InChI=1S/C18H16Cl2O/c19-15-8-7-13(11-16(15)20)12-17(21)18(9-4-10-18)14-5-2-1-3-6-14/h1-3,5-8,11H,4,9-10,12H2. The van der Waals surface area contributed by atoms with Crippen molar-refractivity contribution in [2.24, 2.45) is 0 Å². The summed E-state index contributed by atoms with van der Waals surface area (Å²) >= 11 is 12.0. The average Bonchev–Trinajstić information content (AvgIpc) is 2.43. The summed E-state index contributed by atoms with van der Waals surface area (Å²) in [5, 5.41) is 1.03. The van der Waals surface area contributed by atoms with E-state index >= 15 is 0 Å². The zero-order valence-corrected chi connectivity index (χ0v) is 13.1. The molecule has 3 heteroatoms. The second-order valence-electron chi connectivity index (χ2n) is 5.65. The zero-order valence-electron chi connectivity index (χ0n) is 11.6. The minimum Gasteiger partial charge on any atom is -0.298 e. The van der Waals surface area contributed by atoms with Gasteiger partial charge in [-0.25, -0.2) is 0 Å². The van der Waals surface area contributed by atoms with Gasteiger partial charge in [0, 0.05) is 6.42 Å². The number of halogens is 2. The van der Waals surface area contributed by atoms with Crippen molar-refractivity contribution in [1.29, 1.82) is 0 Å². The van der Waals surface area contributed by atoms with Crippen LogP contribution in [0, 0.1) is 0 Å². The van der Waals surface area contributed by atoms with Crippen molar-refractivity contribution in [2.45, 2.75) is 31.1 Å². The normalized spacial score (nSPS) is 16.3. The zero-order chi connectivity index (χ0) is 14.9. The van der Waals surface area contributed by atoms with Crippen LogP contribution in [0.25, 0.3) is 0 Å². The number of rotatable bonds is 4. The Hall–Kier alpha value is -1.31. The first-order valence-electron chi connectivity index (χ1n) is 7.15. The number of hydrogen-bond acceptors (Lipinski definition) is 1. The maximum atomic E-state index is 12.8. The van der Waals surface area contributed by atoms with E-state index in [1.54, 1.807) is 12.1 Å². The third-order valence-corrected chi connectivity index (χ3v) is 5.15. The second-order valence-corrected chi connectivity index (χ2v) is 6.46. The Kier molecular flexibility index (Phi) is 4.05. The van der Waals surface area contributed by atoms with Gasteiger partial charge in [0.05, 0.1) is 15.5 Å². The highest BCUT2D eigenvalue weighted by Crippen LogP contribution is 2.45. The molecule has 1 aliphatic carbocycles. The van der Waals surface area contributed by atoms with E-state index in [1.165, 1.54) is 0 Å². The first-order valence-corrected chi connectivity index (χ1v) is 7.90. The number of Topliss-reactive ketones (excluding diaryl/α,β-unsaturated/α-hetero) is 1. The molecule has 0 N–H and O–H groups in total. The molecular formula is C18H16Cl2O. The van der Waals surface area contributed by atoms with Gasteiger partial charge in [0.1, 0.15) is 5.78 Å². The molecule has 2 aromatic carbocycles. The largest absolute Gasteiger partial charge is 0.298 e. The van der Waals surface area contributed by atoms with E-state index in [9.17, 15) is 4.79 Å². The van der Waals surface area contributed by atoms with Gasteiger partial charge >= 0.3 is 0 Å². The summed E-state index contributed by atoms with van der Waals surface area (Å²) in [6.45, 7) is 0. The number of hydrogen-bond donors (Lipinski definition) is 0. The summed E-state index contributed by atoms with van der Waals surface area (Å²) in [5.74, 6) is 0.276. The van der Waals surface area contributed by atoms with Crippen LogP contribution in [-0.2, 0) is 16.6 Å². The number of carbonyl (C=O) groups is 1. The number of ketones is 1. The van der Waals surface area contributed by atoms with Crippen molar-refractivity contribution in [2.75, 3.05) is 0 Å². The molecule has 0 aromatic heterocycles. The highest BCUT2D eigenvalue weighted by molar-refractivity contribution is 6.42. The van der Waals surface area contributed by atoms with Gasteiger partial charge < -0.3 is 0 Å². The van der Waals surface area contributed by atoms with E-state index in [0.29, 0.717) is 16.5 Å². The van der Waals surface area contributed by atoms with E-state index < -0.39 is 0 Å². The molecular weight excluding hydrogens is 303 g/mol. The summed E-state index contributed by atoms with van der Waals surface area (Å²) < 4.78 is 0. The van der Waals surface area contributed by atoms with Crippen molar-refractivity contribution in [3.8, 4) is 0 Å². The summed E-state index contributed by atoms with van der Waals surface area (Å²) in [6.07, 6.45) is 3.40. The highest BCUT2D eigenvalue weighted by atomic mass is 35.5. The minimum absolute atomic E-state index is 0.276. The quantitative estimate of drug-likeness (QED) is 0.754. The molecule has 3 rings (SSSR count). The Morgan fingerprint density at radius 3 is 2.29 bits per heavy atom. The SMILES string of the molecule is O=C(Cc1ccc(Cl)c(Cl)c1)C1(c2ccccc2)CCC1. The Balaban J connectivity index is 1.85. The molecule has 1 saturated carbocycles. The minimum atomic E-state index is -0.298. The van der Waals surface area contributed by atoms with Crippen LogP contribution in [-0.4, -0.2) is 5.78 Å². The van der Waals surface area contributed by atoms with Crippen LogP contribution in [0.3, 0.4) is 0 Å². The van der Waals surface area contributed by atoms with E-state index in [4.69, 9.17) is 23.2 Å². The molecule has 0 unspecified atom stereocenters. The lowest BCUT2D eigenvalue weighted by molar-refractivity contribution is -0.127. The van der Waals surface area contributed by atoms with Crippen molar-refractivity contribution in [1.82, 2.24) is 0 Å². The van der Waals surface area contributed by atoms with Crippen LogP contribution in [0.1, 0.15) is 30.4 Å². The predicted molar refractivity (Wildman–Crippen MR) is 87.1 cm³/mol. The molecule has 1 nitrogen and oxygen atoms in total. The van der Waals surface area contributed by atoms with Gasteiger partial charge in [-0.1, -0.05) is 66.0 Å². The fraction of sp³-hybridized carbons (Fsp3) is 0.278. The first kappa shape index (κ1) is 14.6. The van der Waals surface area contributed by atoms with E-state index in [1.807, 2.05) is 24.3 Å². The Morgan fingerprint density at radius 1 is 1.00 bits per heavy atom. The van der Waals surface area contributed by atoms with Gasteiger partial charge in [-0.2, -0.15) is 0 Å². The summed E-state index contributed by atoms with van der Waals surface area (Å²) in [7, 11) is 0. The molecule has 0 amide bonds. The van der Waals surface area contributed by atoms with E-state index in [2.05, 4.69) is 12.1 Å². The number of benzene rings is 2. The van der Waals surface area contributed by atoms with Crippen molar-refractivity contribution in [3.05, 3.63) is 69.7 Å². The summed E-state index contributed by atoms with van der Waals surface area (Å²) in [4.78, 5) is 12.8. The fourth-order valence-corrected chi connectivity index (χ4v) is 3.34. The molecule has 2 aromatic rings. The Bertz CT molecular complexity index is 660. The van der Waals surface area contributed by atoms with Gasteiger partial charge in [-0.15, -0.1) is 0 Å². The molecule has 0 bridgehead atoms. The van der Waals surface area contributed by atoms with E-state index in [0.717, 1.165) is 30.4 Å². The monoisotopic (exact) mass is 318 g/mol. The smallest absolute Gasteiger partial charge is 0.147 e. The van der Waals surface area contributed by atoms with Crippen LogP contribution in [0.15, 0.2) is 48.5 Å². The lowest BCUT2D eigenvalue weighted by Gasteiger charge is -2.41. The summed E-state index contributed by atoms with van der Waals surface area (Å²) in [5.41, 5.74) is 1.77.